The van der Waals surface area contributed by atoms with Crippen LogP contribution in [-0.4, -0.2) is 9.78 Å². The fraction of sp³-hybridized carbons (Fsp3) is 0.308. The van der Waals surface area contributed by atoms with Crippen LogP contribution in [0.1, 0.15) is 23.0 Å². The number of rotatable bonds is 4. The van der Waals surface area contributed by atoms with Crippen LogP contribution in [-0.2, 0) is 13.5 Å². The standard InChI is InChI=1S/C13H14BrF3N4/c1-6-11(14)10(21(2)20-6)5-9(19-18)7-3-4-8(15)13(17)12(7)16/h3-4,9,19H,5,18H2,1-2H3. The molecule has 0 aliphatic heterocycles. The van der Waals surface area contributed by atoms with Crippen molar-refractivity contribution in [1.29, 1.82) is 0 Å². The molecule has 3 N–H and O–H groups in total. The molecule has 1 unspecified atom stereocenters. The van der Waals surface area contributed by atoms with Crippen molar-refractivity contribution >= 4 is 15.9 Å². The van der Waals surface area contributed by atoms with E-state index in [0.717, 1.165) is 21.9 Å². The molecule has 0 bridgehead atoms. The van der Waals surface area contributed by atoms with Crippen LogP contribution in [0.25, 0.3) is 0 Å². The molecular formula is C13H14BrF3N4. The third kappa shape index (κ3) is 2.97. The Morgan fingerprint density at radius 2 is 2.00 bits per heavy atom. The summed E-state index contributed by atoms with van der Waals surface area (Å²) in [6.07, 6.45) is 0.260. The van der Waals surface area contributed by atoms with Gasteiger partial charge < -0.3 is 0 Å². The lowest BCUT2D eigenvalue weighted by molar-refractivity contribution is 0.422. The normalized spacial score (nSPS) is 12.7. The van der Waals surface area contributed by atoms with Crippen LogP contribution < -0.4 is 11.3 Å². The number of nitrogens with two attached hydrogens (primary N) is 1. The van der Waals surface area contributed by atoms with Crippen LogP contribution in [0.2, 0.25) is 0 Å². The summed E-state index contributed by atoms with van der Waals surface area (Å²) in [5.74, 6) is 1.46. The average Bonchev–Trinajstić information content (AvgIpc) is 2.69. The van der Waals surface area contributed by atoms with Gasteiger partial charge in [0, 0.05) is 19.0 Å². The SMILES string of the molecule is Cc1nn(C)c(CC(NN)c2ccc(F)c(F)c2F)c1Br. The first kappa shape index (κ1) is 16.0. The van der Waals surface area contributed by atoms with E-state index in [4.69, 9.17) is 5.84 Å². The molecule has 1 heterocycles. The molecule has 8 heteroatoms. The van der Waals surface area contributed by atoms with Crippen molar-refractivity contribution in [1.82, 2.24) is 15.2 Å². The van der Waals surface area contributed by atoms with E-state index in [1.807, 2.05) is 6.92 Å². The fourth-order valence-electron chi connectivity index (χ4n) is 2.16. The Morgan fingerprint density at radius 3 is 2.52 bits per heavy atom. The molecule has 2 rings (SSSR count). The highest BCUT2D eigenvalue weighted by atomic mass is 79.9. The van der Waals surface area contributed by atoms with Gasteiger partial charge in [-0.3, -0.25) is 16.0 Å². The van der Waals surface area contributed by atoms with Gasteiger partial charge in [-0.1, -0.05) is 6.07 Å². The monoisotopic (exact) mass is 362 g/mol. The Kier molecular flexibility index (Phi) is 4.70. The van der Waals surface area contributed by atoms with E-state index in [9.17, 15) is 13.2 Å². The first-order chi connectivity index (χ1) is 9.86. The zero-order chi connectivity index (χ0) is 15.7. The molecule has 21 heavy (non-hydrogen) atoms. The lowest BCUT2D eigenvalue weighted by atomic mass is 10.0. The summed E-state index contributed by atoms with van der Waals surface area (Å²) in [5.41, 5.74) is 3.92. The highest BCUT2D eigenvalue weighted by Gasteiger charge is 2.23. The van der Waals surface area contributed by atoms with Crippen LogP contribution >= 0.6 is 15.9 Å². The molecule has 0 radical (unpaired) electrons. The van der Waals surface area contributed by atoms with Crippen LogP contribution in [0.5, 0.6) is 0 Å². The van der Waals surface area contributed by atoms with Crippen molar-refractivity contribution in [3.05, 3.63) is 51.0 Å². The summed E-state index contributed by atoms with van der Waals surface area (Å²) in [5, 5.41) is 4.22. The first-order valence-electron chi connectivity index (χ1n) is 6.14. The summed E-state index contributed by atoms with van der Waals surface area (Å²) in [6.45, 7) is 1.82. The molecule has 0 saturated carbocycles. The number of benzene rings is 1. The third-order valence-electron chi connectivity index (χ3n) is 3.30. The second-order valence-corrected chi connectivity index (χ2v) is 5.45. The van der Waals surface area contributed by atoms with Crippen molar-refractivity contribution in [2.75, 3.05) is 0 Å². The molecule has 0 aliphatic rings. The van der Waals surface area contributed by atoms with Crippen molar-refractivity contribution in [3.8, 4) is 0 Å². The predicted octanol–water partition coefficient (Wildman–Crippen LogP) is 2.66. The summed E-state index contributed by atoms with van der Waals surface area (Å²) >= 11 is 3.40. The molecule has 0 fully saturated rings. The second-order valence-electron chi connectivity index (χ2n) is 4.66. The minimum atomic E-state index is -1.51. The van der Waals surface area contributed by atoms with Gasteiger partial charge >= 0.3 is 0 Å². The Labute approximate surface area is 128 Å². The predicted molar refractivity (Wildman–Crippen MR) is 75.7 cm³/mol. The van der Waals surface area contributed by atoms with Gasteiger partial charge in [-0.05, 0) is 28.9 Å². The molecule has 0 spiro atoms. The minimum absolute atomic E-state index is 0.0397. The van der Waals surface area contributed by atoms with Crippen LogP contribution in [0, 0.1) is 24.4 Å². The van der Waals surface area contributed by atoms with Gasteiger partial charge in [-0.25, -0.2) is 13.2 Å². The van der Waals surface area contributed by atoms with Crippen molar-refractivity contribution < 1.29 is 13.2 Å². The number of aromatic nitrogens is 2. The maximum Gasteiger partial charge on any atom is 0.194 e. The van der Waals surface area contributed by atoms with Crippen LogP contribution in [0.3, 0.4) is 0 Å². The van der Waals surface area contributed by atoms with Gasteiger partial charge in [0.2, 0.25) is 0 Å². The van der Waals surface area contributed by atoms with Crippen LogP contribution in [0.4, 0.5) is 13.2 Å². The molecule has 1 aromatic heterocycles. The zero-order valence-electron chi connectivity index (χ0n) is 11.4. The topological polar surface area (TPSA) is 55.9 Å². The minimum Gasteiger partial charge on any atom is -0.271 e. The van der Waals surface area contributed by atoms with E-state index >= 15 is 0 Å². The van der Waals surface area contributed by atoms with E-state index < -0.39 is 23.5 Å². The summed E-state index contributed by atoms with van der Waals surface area (Å²) in [4.78, 5) is 0. The summed E-state index contributed by atoms with van der Waals surface area (Å²) in [6, 6.07) is 1.34. The number of hydrogen-bond acceptors (Lipinski definition) is 3. The fourth-order valence-corrected chi connectivity index (χ4v) is 2.66. The molecule has 114 valence electrons. The molecule has 1 aromatic carbocycles. The zero-order valence-corrected chi connectivity index (χ0v) is 13.0. The van der Waals surface area contributed by atoms with E-state index in [1.165, 1.54) is 6.07 Å². The van der Waals surface area contributed by atoms with Gasteiger partial charge in [-0.15, -0.1) is 0 Å². The lowest BCUT2D eigenvalue weighted by Gasteiger charge is -2.18. The molecule has 0 amide bonds. The highest BCUT2D eigenvalue weighted by molar-refractivity contribution is 9.10. The highest BCUT2D eigenvalue weighted by Crippen LogP contribution is 2.28. The number of nitrogens with one attached hydrogen (secondary N) is 1. The van der Waals surface area contributed by atoms with Gasteiger partial charge in [0.05, 0.1) is 21.9 Å². The van der Waals surface area contributed by atoms with Gasteiger partial charge in [0.25, 0.3) is 0 Å². The molecular weight excluding hydrogens is 349 g/mol. The van der Waals surface area contributed by atoms with E-state index in [1.54, 1.807) is 11.7 Å². The van der Waals surface area contributed by atoms with Gasteiger partial charge in [0.15, 0.2) is 17.5 Å². The number of hydrazine groups is 1. The number of nitrogens with zero attached hydrogens (tertiary/aromatic N) is 2. The van der Waals surface area contributed by atoms with Crippen LogP contribution in [0.15, 0.2) is 16.6 Å². The molecule has 2 aromatic rings. The number of halogens is 4. The molecule has 4 nitrogen and oxygen atoms in total. The molecule has 1 atom stereocenters. The maximum atomic E-state index is 13.9. The van der Waals surface area contributed by atoms with E-state index in [-0.39, 0.29) is 12.0 Å². The summed E-state index contributed by atoms with van der Waals surface area (Å²) in [7, 11) is 1.74. The largest absolute Gasteiger partial charge is 0.271 e. The summed E-state index contributed by atoms with van der Waals surface area (Å²) < 4.78 is 42.6. The molecule has 0 aliphatic carbocycles. The Morgan fingerprint density at radius 1 is 1.33 bits per heavy atom. The Balaban J connectivity index is 2.39. The number of hydrogen-bond donors (Lipinski definition) is 2. The van der Waals surface area contributed by atoms with Crippen molar-refractivity contribution in [2.24, 2.45) is 12.9 Å². The van der Waals surface area contributed by atoms with Gasteiger partial charge in [-0.2, -0.15) is 5.10 Å². The van der Waals surface area contributed by atoms with Crippen molar-refractivity contribution in [3.63, 3.8) is 0 Å². The average molecular weight is 363 g/mol. The van der Waals surface area contributed by atoms with Crippen molar-refractivity contribution in [2.45, 2.75) is 19.4 Å². The number of aryl methyl sites for hydroxylation is 2. The smallest absolute Gasteiger partial charge is 0.194 e. The van der Waals surface area contributed by atoms with Gasteiger partial charge in [0.1, 0.15) is 0 Å². The Bertz CT molecular complexity index is 672. The van der Waals surface area contributed by atoms with E-state index in [2.05, 4.69) is 26.5 Å². The third-order valence-corrected chi connectivity index (χ3v) is 4.33. The quantitative estimate of drug-likeness (QED) is 0.499. The first-order valence-corrected chi connectivity index (χ1v) is 6.93. The second kappa shape index (κ2) is 6.17. The van der Waals surface area contributed by atoms with E-state index in [0.29, 0.717) is 0 Å². The molecule has 0 saturated heterocycles. The Hall–Kier alpha value is -1.38. The maximum absolute atomic E-state index is 13.9. The lowest BCUT2D eigenvalue weighted by Crippen LogP contribution is -2.31.